The molecule has 2 nitrogen and oxygen atoms in total. The van der Waals surface area contributed by atoms with E-state index in [9.17, 15) is 4.79 Å². The van der Waals surface area contributed by atoms with Gasteiger partial charge in [-0.15, -0.1) is 11.3 Å². The molecule has 0 aliphatic carbocycles. The molecule has 0 saturated carbocycles. The molecule has 0 amide bonds. The molecule has 1 aromatic heterocycles. The van der Waals surface area contributed by atoms with E-state index in [0.29, 0.717) is 5.56 Å². The van der Waals surface area contributed by atoms with Crippen LogP contribution in [0, 0.1) is 0 Å². The fourth-order valence-electron chi connectivity index (χ4n) is 2.55. The Kier molecular flexibility index (Phi) is 2.23. The minimum Gasteiger partial charge on any atom is -0.467 e. The lowest BCUT2D eigenvalue weighted by molar-refractivity contribution is 0.0862. The van der Waals surface area contributed by atoms with Gasteiger partial charge in [-0.1, -0.05) is 42.5 Å². The molecule has 4 rings (SSSR count). The second-order valence-electron chi connectivity index (χ2n) is 4.55. The van der Waals surface area contributed by atoms with Crippen molar-refractivity contribution < 1.29 is 9.53 Å². The van der Waals surface area contributed by atoms with Gasteiger partial charge in [-0.25, -0.2) is 0 Å². The van der Waals surface area contributed by atoms with E-state index >= 15 is 0 Å². The van der Waals surface area contributed by atoms with Gasteiger partial charge in [-0.05, 0) is 22.2 Å². The molecular weight excluding hydrogens is 256 g/mol. The van der Waals surface area contributed by atoms with Gasteiger partial charge in [-0.3, -0.25) is 4.79 Å². The molecule has 0 fully saturated rings. The van der Waals surface area contributed by atoms with Crippen molar-refractivity contribution in [2.75, 3.05) is 0 Å². The number of Topliss-reactive ketones (excluding diaryl/α,β-unsaturated/α-hetero) is 1. The molecule has 1 aliphatic rings. The number of fused-ring (bicyclic) bond motifs is 2. The molecule has 0 saturated heterocycles. The summed E-state index contributed by atoms with van der Waals surface area (Å²) in [5.41, 5.74) is 1.66. The Morgan fingerprint density at radius 1 is 1.00 bits per heavy atom. The van der Waals surface area contributed by atoms with Gasteiger partial charge in [-0.2, -0.15) is 0 Å². The van der Waals surface area contributed by atoms with Crippen LogP contribution in [0.25, 0.3) is 10.8 Å². The first-order chi connectivity index (χ1) is 9.34. The van der Waals surface area contributed by atoms with Crippen LogP contribution in [0.3, 0.4) is 0 Å². The Morgan fingerprint density at radius 2 is 1.84 bits per heavy atom. The molecule has 3 heteroatoms. The molecule has 92 valence electrons. The lowest BCUT2D eigenvalue weighted by Gasteiger charge is -2.12. The van der Waals surface area contributed by atoms with E-state index in [1.54, 1.807) is 0 Å². The van der Waals surface area contributed by atoms with Crippen LogP contribution < -0.4 is 4.74 Å². The molecule has 1 aliphatic heterocycles. The quantitative estimate of drug-likeness (QED) is 0.659. The summed E-state index contributed by atoms with van der Waals surface area (Å²) in [5, 5.41) is 4.84. The van der Waals surface area contributed by atoms with Crippen molar-refractivity contribution in [3.8, 4) is 5.06 Å². The second-order valence-corrected chi connectivity index (χ2v) is 5.43. The van der Waals surface area contributed by atoms with Gasteiger partial charge in [0.05, 0.1) is 5.56 Å². The first kappa shape index (κ1) is 10.8. The summed E-state index contributed by atoms with van der Waals surface area (Å²) in [7, 11) is 0. The van der Waals surface area contributed by atoms with Gasteiger partial charge in [0.25, 0.3) is 0 Å². The minimum atomic E-state index is -0.492. The second kappa shape index (κ2) is 3.93. The summed E-state index contributed by atoms with van der Waals surface area (Å²) in [6.07, 6.45) is -0.492. The fourth-order valence-corrected chi connectivity index (χ4v) is 3.33. The molecule has 0 spiro atoms. The number of hydrogen-bond donors (Lipinski definition) is 0. The zero-order valence-electron chi connectivity index (χ0n) is 10.00. The standard InChI is InChI=1S/C16H10O2S/c17-14-13-8-9-19-16(13)18-15(14)12-7-3-5-10-4-1-2-6-11(10)12/h1-9,15H/t15-/m0/s1. The van der Waals surface area contributed by atoms with Crippen LogP contribution in [0.15, 0.2) is 53.9 Å². The molecule has 0 radical (unpaired) electrons. The van der Waals surface area contributed by atoms with E-state index < -0.39 is 6.10 Å². The molecule has 3 aromatic rings. The number of carbonyl (C=O) groups is 1. The molecule has 0 unspecified atom stereocenters. The van der Waals surface area contributed by atoms with Crippen molar-refractivity contribution in [1.82, 2.24) is 0 Å². The highest BCUT2D eigenvalue weighted by Gasteiger charge is 2.35. The van der Waals surface area contributed by atoms with Crippen molar-refractivity contribution in [2.24, 2.45) is 0 Å². The summed E-state index contributed by atoms with van der Waals surface area (Å²) in [4.78, 5) is 12.4. The van der Waals surface area contributed by atoms with Crippen LogP contribution in [-0.2, 0) is 0 Å². The number of rotatable bonds is 1. The van der Waals surface area contributed by atoms with Crippen molar-refractivity contribution in [2.45, 2.75) is 6.10 Å². The van der Waals surface area contributed by atoms with Crippen molar-refractivity contribution >= 4 is 27.9 Å². The highest BCUT2D eigenvalue weighted by atomic mass is 32.1. The van der Waals surface area contributed by atoms with E-state index in [1.165, 1.54) is 11.3 Å². The van der Waals surface area contributed by atoms with Crippen LogP contribution in [0.2, 0.25) is 0 Å². The number of ketones is 1. The topological polar surface area (TPSA) is 26.3 Å². The minimum absolute atomic E-state index is 0.0626. The molecule has 19 heavy (non-hydrogen) atoms. The Bertz CT molecular complexity index is 783. The molecule has 0 bridgehead atoms. The van der Waals surface area contributed by atoms with Crippen molar-refractivity contribution in [3.63, 3.8) is 0 Å². The van der Waals surface area contributed by atoms with E-state index in [4.69, 9.17) is 4.74 Å². The van der Waals surface area contributed by atoms with Crippen molar-refractivity contribution in [1.29, 1.82) is 0 Å². The third kappa shape index (κ3) is 1.52. The van der Waals surface area contributed by atoms with Gasteiger partial charge >= 0.3 is 0 Å². The molecule has 1 atom stereocenters. The SMILES string of the molecule is O=C1c2ccsc2O[C@H]1c1cccc2ccccc12. The maximum absolute atomic E-state index is 12.4. The summed E-state index contributed by atoms with van der Waals surface area (Å²) in [6, 6.07) is 15.9. The normalized spacial score (nSPS) is 17.5. The largest absolute Gasteiger partial charge is 0.467 e. The van der Waals surface area contributed by atoms with Crippen LogP contribution >= 0.6 is 11.3 Å². The van der Waals surface area contributed by atoms with E-state index in [1.807, 2.05) is 53.9 Å². The zero-order valence-corrected chi connectivity index (χ0v) is 10.8. The third-order valence-corrected chi connectivity index (χ3v) is 4.27. The van der Waals surface area contributed by atoms with Crippen molar-refractivity contribution in [3.05, 3.63) is 65.0 Å². The van der Waals surface area contributed by atoms with Gasteiger partial charge in [0.1, 0.15) is 0 Å². The summed E-state index contributed by atoms with van der Waals surface area (Å²) in [6.45, 7) is 0. The highest BCUT2D eigenvalue weighted by Crippen LogP contribution is 2.41. The fraction of sp³-hybridized carbons (Fsp3) is 0.0625. The van der Waals surface area contributed by atoms with Gasteiger partial charge in [0.15, 0.2) is 11.2 Å². The van der Waals surface area contributed by atoms with Crippen LogP contribution in [0.4, 0.5) is 0 Å². The third-order valence-electron chi connectivity index (χ3n) is 3.46. The first-order valence-corrected chi connectivity index (χ1v) is 6.98. The average Bonchev–Trinajstić information content (AvgIpc) is 3.02. The number of ether oxygens (including phenoxy) is 1. The monoisotopic (exact) mass is 266 g/mol. The number of hydrogen-bond acceptors (Lipinski definition) is 3. The zero-order chi connectivity index (χ0) is 12.8. The highest BCUT2D eigenvalue weighted by molar-refractivity contribution is 7.12. The van der Waals surface area contributed by atoms with E-state index in [2.05, 4.69) is 0 Å². The van der Waals surface area contributed by atoms with Crippen LogP contribution in [0.5, 0.6) is 5.06 Å². The molecule has 2 heterocycles. The molecule has 0 N–H and O–H groups in total. The van der Waals surface area contributed by atoms with Crippen LogP contribution in [0.1, 0.15) is 22.0 Å². The van der Waals surface area contributed by atoms with Gasteiger partial charge in [0.2, 0.25) is 5.78 Å². The number of carbonyl (C=O) groups excluding carboxylic acids is 1. The summed E-state index contributed by atoms with van der Waals surface area (Å²) in [5.74, 6) is 0.0626. The number of thiophene rings is 1. The average molecular weight is 266 g/mol. The lowest BCUT2D eigenvalue weighted by Crippen LogP contribution is -2.11. The number of benzene rings is 2. The Hall–Kier alpha value is -2.13. The van der Waals surface area contributed by atoms with E-state index in [0.717, 1.165) is 21.4 Å². The molecule has 2 aromatic carbocycles. The maximum atomic E-state index is 12.4. The van der Waals surface area contributed by atoms with Gasteiger partial charge in [0, 0.05) is 5.56 Å². The predicted octanol–water partition coefficient (Wildman–Crippen LogP) is 4.22. The first-order valence-electron chi connectivity index (χ1n) is 6.10. The Labute approximate surface area is 114 Å². The Morgan fingerprint density at radius 3 is 2.74 bits per heavy atom. The Balaban J connectivity index is 1.89. The summed E-state index contributed by atoms with van der Waals surface area (Å²) >= 11 is 1.48. The lowest BCUT2D eigenvalue weighted by atomic mass is 9.97. The smallest absolute Gasteiger partial charge is 0.212 e. The molecular formula is C16H10O2S. The summed E-state index contributed by atoms with van der Waals surface area (Å²) < 4.78 is 5.82. The van der Waals surface area contributed by atoms with E-state index in [-0.39, 0.29) is 5.78 Å². The van der Waals surface area contributed by atoms with Crippen LogP contribution in [-0.4, -0.2) is 5.78 Å². The maximum Gasteiger partial charge on any atom is 0.212 e. The predicted molar refractivity (Wildman–Crippen MR) is 76.0 cm³/mol. The van der Waals surface area contributed by atoms with Gasteiger partial charge < -0.3 is 4.74 Å².